The molecule has 14 heteroatoms. The Morgan fingerprint density at radius 2 is 0.919 bits per heavy atom. The quantitative estimate of drug-likeness (QED) is 0.115. The smallest absolute Gasteiger partial charge is 0.195 e. The number of ether oxygens (including phenoxy) is 4. The van der Waals surface area contributed by atoms with Crippen molar-refractivity contribution in [2.45, 2.75) is 38.9 Å². The third-order valence-corrected chi connectivity index (χ3v) is 10.4. The molecule has 0 unspecified atom stereocenters. The van der Waals surface area contributed by atoms with E-state index in [1.54, 1.807) is 35.6 Å². The van der Waals surface area contributed by atoms with Gasteiger partial charge in [-0.1, -0.05) is 74.5 Å². The number of aromatic nitrogens is 10. The summed E-state index contributed by atoms with van der Waals surface area (Å²) in [5.41, 5.74) is 6.75. The van der Waals surface area contributed by atoms with E-state index in [4.69, 9.17) is 29.1 Å². The van der Waals surface area contributed by atoms with Gasteiger partial charge in [-0.05, 0) is 73.5 Å². The molecule has 62 heavy (non-hydrogen) atoms. The molecule has 10 aromatic rings. The van der Waals surface area contributed by atoms with Crippen LogP contribution >= 0.6 is 0 Å². The SMILES string of the molecule is CC[C@@H](Oc1ccnc2cc(OC)ccc12)c1nnc2ccc(-c3ccccc3)nn12.CC[C@H](Oc1ccnc2cc(OC)ccc12)c1nnc2ccc(-c3ccccc3)nn12. The first-order chi connectivity index (χ1) is 30.5. The van der Waals surface area contributed by atoms with Gasteiger partial charge in [0, 0.05) is 46.4 Å². The number of nitrogens with zero attached hydrogens (tertiary/aromatic N) is 10. The third-order valence-electron chi connectivity index (χ3n) is 10.4. The second-order valence-electron chi connectivity index (χ2n) is 14.2. The Labute approximate surface area is 356 Å². The van der Waals surface area contributed by atoms with Crippen molar-refractivity contribution in [3.63, 3.8) is 0 Å². The minimum absolute atomic E-state index is 0.318. The highest BCUT2D eigenvalue weighted by Crippen LogP contribution is 2.33. The molecule has 4 aromatic carbocycles. The summed E-state index contributed by atoms with van der Waals surface area (Å²) >= 11 is 0. The lowest BCUT2D eigenvalue weighted by Gasteiger charge is -2.17. The molecule has 308 valence electrons. The van der Waals surface area contributed by atoms with E-state index < -0.39 is 0 Å². The lowest BCUT2D eigenvalue weighted by atomic mass is 10.1. The summed E-state index contributed by atoms with van der Waals surface area (Å²) in [6.07, 6.45) is 4.24. The normalized spacial score (nSPS) is 12.2. The van der Waals surface area contributed by atoms with Gasteiger partial charge in [0.1, 0.15) is 23.0 Å². The maximum absolute atomic E-state index is 6.40. The second-order valence-corrected chi connectivity index (χ2v) is 14.2. The number of rotatable bonds is 12. The van der Waals surface area contributed by atoms with Gasteiger partial charge in [0.15, 0.2) is 35.2 Å². The largest absolute Gasteiger partial charge is 0.497 e. The highest BCUT2D eigenvalue weighted by molar-refractivity contribution is 5.86. The summed E-state index contributed by atoms with van der Waals surface area (Å²) in [6.45, 7) is 4.11. The number of benzene rings is 4. The fraction of sp³-hybridized carbons (Fsp3) is 0.167. The maximum Gasteiger partial charge on any atom is 0.195 e. The van der Waals surface area contributed by atoms with Crippen molar-refractivity contribution >= 4 is 33.1 Å². The summed E-state index contributed by atoms with van der Waals surface area (Å²) in [4.78, 5) is 8.87. The fourth-order valence-electron chi connectivity index (χ4n) is 7.14. The monoisotopic (exact) mass is 822 g/mol. The number of hydrogen-bond acceptors (Lipinski definition) is 12. The predicted octanol–water partition coefficient (Wildman–Crippen LogP) is 9.76. The van der Waals surface area contributed by atoms with Crippen LogP contribution in [-0.2, 0) is 0 Å². The number of methoxy groups -OCH3 is 2. The van der Waals surface area contributed by atoms with E-state index in [1.807, 2.05) is 133 Å². The first-order valence-corrected chi connectivity index (χ1v) is 20.3. The van der Waals surface area contributed by atoms with Gasteiger partial charge in [-0.2, -0.15) is 19.2 Å². The zero-order chi connectivity index (χ0) is 42.4. The van der Waals surface area contributed by atoms with Crippen LogP contribution in [0.2, 0.25) is 0 Å². The van der Waals surface area contributed by atoms with Gasteiger partial charge < -0.3 is 18.9 Å². The predicted molar refractivity (Wildman–Crippen MR) is 236 cm³/mol. The number of fused-ring (bicyclic) bond motifs is 4. The van der Waals surface area contributed by atoms with Gasteiger partial charge in [0.25, 0.3) is 0 Å². The zero-order valence-corrected chi connectivity index (χ0v) is 34.5. The van der Waals surface area contributed by atoms with Crippen molar-refractivity contribution in [3.8, 4) is 45.5 Å². The van der Waals surface area contributed by atoms with Crippen LogP contribution < -0.4 is 18.9 Å². The molecule has 0 aliphatic rings. The average Bonchev–Trinajstić information content (AvgIpc) is 3.97. The van der Waals surface area contributed by atoms with E-state index in [0.29, 0.717) is 35.8 Å². The van der Waals surface area contributed by atoms with Crippen molar-refractivity contribution in [3.05, 3.63) is 158 Å². The standard InChI is InChI=1S/2C24H21N5O2/c2*1-3-21(31-22-13-14-25-20-15-17(30-2)9-10-18(20)22)24-27-26-23-12-11-19(28-29(23)24)16-7-5-4-6-8-16/h2*4-15,21H,3H2,1-2H3/t2*21-/m10/s1. The fourth-order valence-corrected chi connectivity index (χ4v) is 7.14. The van der Waals surface area contributed by atoms with Crippen molar-refractivity contribution in [2.75, 3.05) is 14.2 Å². The van der Waals surface area contributed by atoms with Gasteiger partial charge in [-0.3, -0.25) is 9.97 Å². The molecule has 0 aliphatic heterocycles. The van der Waals surface area contributed by atoms with E-state index in [-0.39, 0.29) is 12.2 Å². The summed E-state index contributed by atoms with van der Waals surface area (Å²) in [5, 5.41) is 28.8. The second kappa shape index (κ2) is 17.7. The van der Waals surface area contributed by atoms with Crippen LogP contribution in [0.25, 0.3) is 55.6 Å². The molecule has 10 rings (SSSR count). The summed E-state index contributed by atoms with van der Waals surface area (Å²) in [7, 11) is 3.28. The summed E-state index contributed by atoms with van der Waals surface area (Å²) in [5.74, 6) is 4.30. The summed E-state index contributed by atoms with van der Waals surface area (Å²) < 4.78 is 27.0. The van der Waals surface area contributed by atoms with E-state index in [0.717, 1.165) is 67.3 Å². The molecular formula is C48H42N10O4. The Morgan fingerprint density at radius 3 is 1.32 bits per heavy atom. The highest BCUT2D eigenvalue weighted by atomic mass is 16.5. The van der Waals surface area contributed by atoms with Crippen LogP contribution in [0.3, 0.4) is 0 Å². The first kappa shape index (κ1) is 39.5. The molecule has 0 radical (unpaired) electrons. The molecule has 0 fully saturated rings. The molecule has 0 saturated heterocycles. The Balaban J connectivity index is 0.000000158. The average molecular weight is 823 g/mol. The van der Waals surface area contributed by atoms with Gasteiger partial charge in [-0.25, -0.2) is 0 Å². The summed E-state index contributed by atoms with van der Waals surface area (Å²) in [6, 6.07) is 43.1. The molecule has 0 bridgehead atoms. The topological polar surface area (TPSA) is 149 Å². The lowest BCUT2D eigenvalue weighted by molar-refractivity contribution is 0.191. The first-order valence-electron chi connectivity index (χ1n) is 20.3. The number of hydrogen-bond donors (Lipinski definition) is 0. The van der Waals surface area contributed by atoms with Gasteiger partial charge in [0.05, 0.1) is 36.6 Å². The molecule has 0 aliphatic carbocycles. The molecule has 0 N–H and O–H groups in total. The molecule has 14 nitrogen and oxygen atoms in total. The maximum atomic E-state index is 6.40. The molecule has 0 saturated carbocycles. The van der Waals surface area contributed by atoms with E-state index in [9.17, 15) is 0 Å². The molecule has 0 amide bonds. The van der Waals surface area contributed by atoms with Crippen LogP contribution in [-0.4, -0.2) is 63.8 Å². The molecule has 2 atom stereocenters. The van der Waals surface area contributed by atoms with Crippen LogP contribution in [0.1, 0.15) is 50.5 Å². The molecule has 6 aromatic heterocycles. The van der Waals surface area contributed by atoms with Crippen molar-refractivity contribution in [2.24, 2.45) is 0 Å². The molecule has 6 heterocycles. The Hall–Kier alpha value is -8.00. The van der Waals surface area contributed by atoms with Crippen LogP contribution in [0.15, 0.2) is 146 Å². The minimum atomic E-state index is -0.318. The lowest BCUT2D eigenvalue weighted by Crippen LogP contribution is -2.12. The Morgan fingerprint density at radius 1 is 0.484 bits per heavy atom. The van der Waals surface area contributed by atoms with Crippen LogP contribution in [0, 0.1) is 0 Å². The highest BCUT2D eigenvalue weighted by Gasteiger charge is 2.23. The van der Waals surface area contributed by atoms with Gasteiger partial charge in [-0.15, -0.1) is 20.4 Å². The molecular weight excluding hydrogens is 781 g/mol. The molecule has 0 spiro atoms. The number of pyridine rings is 2. The van der Waals surface area contributed by atoms with Crippen molar-refractivity contribution < 1.29 is 18.9 Å². The van der Waals surface area contributed by atoms with Gasteiger partial charge in [0.2, 0.25) is 0 Å². The van der Waals surface area contributed by atoms with Gasteiger partial charge >= 0.3 is 0 Å². The van der Waals surface area contributed by atoms with Crippen LogP contribution in [0.4, 0.5) is 0 Å². The van der Waals surface area contributed by atoms with E-state index in [2.05, 4.69) is 44.2 Å². The van der Waals surface area contributed by atoms with Crippen LogP contribution in [0.5, 0.6) is 23.0 Å². The van der Waals surface area contributed by atoms with Crippen molar-refractivity contribution in [1.82, 2.24) is 49.6 Å². The Kier molecular flexibility index (Phi) is 11.3. The third kappa shape index (κ3) is 8.00. The van der Waals surface area contributed by atoms with E-state index in [1.165, 1.54) is 0 Å². The van der Waals surface area contributed by atoms with E-state index >= 15 is 0 Å². The minimum Gasteiger partial charge on any atom is -0.497 e. The Bertz CT molecular complexity index is 2910. The zero-order valence-electron chi connectivity index (χ0n) is 34.5. The van der Waals surface area contributed by atoms with Crippen molar-refractivity contribution in [1.29, 1.82) is 0 Å².